The van der Waals surface area contributed by atoms with Gasteiger partial charge in [0.05, 0.1) is 13.2 Å². The van der Waals surface area contributed by atoms with Crippen LogP contribution in [0.3, 0.4) is 0 Å². The first-order chi connectivity index (χ1) is 17.2. The minimum atomic E-state index is -0.0450. The van der Waals surface area contributed by atoms with E-state index >= 15 is 0 Å². The van der Waals surface area contributed by atoms with Crippen LogP contribution in [0.1, 0.15) is 23.5 Å². The van der Waals surface area contributed by atoms with Gasteiger partial charge in [0.15, 0.2) is 0 Å². The van der Waals surface area contributed by atoms with Crippen molar-refractivity contribution in [3.63, 3.8) is 0 Å². The van der Waals surface area contributed by atoms with Gasteiger partial charge in [-0.1, -0.05) is 66.7 Å². The molecular formula is C29H35N3O2S. The summed E-state index contributed by atoms with van der Waals surface area (Å²) in [5.41, 5.74) is 3.39. The number of nitrogens with zero attached hydrogens (tertiary/aromatic N) is 2. The van der Waals surface area contributed by atoms with E-state index in [2.05, 4.69) is 76.9 Å². The van der Waals surface area contributed by atoms with E-state index in [1.807, 2.05) is 29.4 Å². The normalized spacial score (nSPS) is 14.1. The number of morpholine rings is 1. The molecule has 6 heteroatoms. The number of anilines is 1. The lowest BCUT2D eigenvalue weighted by molar-refractivity contribution is 0.0351. The molecule has 184 valence electrons. The van der Waals surface area contributed by atoms with Crippen LogP contribution in [0, 0.1) is 0 Å². The van der Waals surface area contributed by atoms with E-state index in [-0.39, 0.29) is 11.9 Å². The molecule has 1 fully saturated rings. The van der Waals surface area contributed by atoms with Crippen LogP contribution in [0.2, 0.25) is 0 Å². The largest absolute Gasteiger partial charge is 0.379 e. The number of benzene rings is 3. The van der Waals surface area contributed by atoms with Crippen molar-refractivity contribution in [3.05, 3.63) is 96.1 Å². The minimum Gasteiger partial charge on any atom is -0.379 e. The summed E-state index contributed by atoms with van der Waals surface area (Å²) >= 11 is 1.67. The second-order valence-electron chi connectivity index (χ2n) is 8.77. The topological polar surface area (TPSA) is 44.8 Å². The van der Waals surface area contributed by atoms with Gasteiger partial charge < -0.3 is 15.0 Å². The van der Waals surface area contributed by atoms with Crippen LogP contribution in [0.5, 0.6) is 0 Å². The average Bonchev–Trinajstić information content (AvgIpc) is 2.92. The summed E-state index contributed by atoms with van der Waals surface area (Å²) in [6, 6.07) is 29.2. The molecule has 0 saturated carbocycles. The van der Waals surface area contributed by atoms with E-state index in [1.165, 1.54) is 11.1 Å². The maximum atomic E-state index is 13.4. The fraction of sp³-hybridized carbons (Fsp3) is 0.345. The highest BCUT2D eigenvalue weighted by atomic mass is 32.2. The predicted molar refractivity (Wildman–Crippen MR) is 145 cm³/mol. The molecule has 1 saturated heterocycles. The van der Waals surface area contributed by atoms with Crippen molar-refractivity contribution in [2.24, 2.45) is 0 Å². The van der Waals surface area contributed by atoms with E-state index < -0.39 is 0 Å². The molecular weight excluding hydrogens is 454 g/mol. The zero-order chi connectivity index (χ0) is 24.3. The zero-order valence-electron chi connectivity index (χ0n) is 20.4. The third kappa shape index (κ3) is 7.59. The second-order valence-corrected chi connectivity index (χ2v) is 9.65. The van der Waals surface area contributed by atoms with E-state index in [0.717, 1.165) is 49.9 Å². The quantitative estimate of drug-likeness (QED) is 0.366. The lowest BCUT2D eigenvalue weighted by Crippen LogP contribution is -2.44. The fourth-order valence-corrected chi connectivity index (χ4v) is 4.95. The number of carbonyl (C=O) groups excluding carboxylic acids is 1. The Bertz CT molecular complexity index is 1000. The van der Waals surface area contributed by atoms with Gasteiger partial charge in [0.2, 0.25) is 0 Å². The summed E-state index contributed by atoms with van der Waals surface area (Å²) in [6.07, 6.45) is 2.90. The average molecular weight is 490 g/mol. The van der Waals surface area contributed by atoms with Gasteiger partial charge in [0.1, 0.15) is 0 Å². The van der Waals surface area contributed by atoms with Gasteiger partial charge >= 0.3 is 6.03 Å². The number of hydrogen-bond donors (Lipinski definition) is 1. The predicted octanol–water partition coefficient (Wildman–Crippen LogP) is 5.80. The lowest BCUT2D eigenvalue weighted by Gasteiger charge is -2.31. The molecule has 4 rings (SSSR count). The molecule has 1 aliphatic heterocycles. The summed E-state index contributed by atoms with van der Waals surface area (Å²) in [6.45, 7) is 5.57. The first kappa shape index (κ1) is 25.3. The molecule has 1 aliphatic rings. The Morgan fingerprint density at radius 2 is 1.60 bits per heavy atom. The van der Waals surface area contributed by atoms with Crippen LogP contribution in [-0.4, -0.2) is 68.0 Å². The number of nitrogens with one attached hydrogen (secondary N) is 1. The number of thioether (sulfide) groups is 1. The number of ether oxygens (including phenoxy) is 1. The first-order valence-electron chi connectivity index (χ1n) is 12.3. The van der Waals surface area contributed by atoms with Gasteiger partial charge in [0, 0.05) is 49.2 Å². The maximum Gasteiger partial charge on any atom is 0.321 e. The molecule has 0 radical (unpaired) electrons. The molecule has 35 heavy (non-hydrogen) atoms. The summed E-state index contributed by atoms with van der Waals surface area (Å²) in [4.78, 5) is 18.9. The van der Waals surface area contributed by atoms with Crippen LogP contribution in [0.25, 0.3) is 0 Å². The molecule has 0 atom stereocenters. The van der Waals surface area contributed by atoms with E-state index in [0.29, 0.717) is 13.1 Å². The Morgan fingerprint density at radius 3 is 2.23 bits per heavy atom. The minimum absolute atomic E-state index is 0.0450. The third-order valence-electron chi connectivity index (χ3n) is 6.49. The van der Waals surface area contributed by atoms with Crippen molar-refractivity contribution < 1.29 is 9.53 Å². The molecule has 0 aliphatic carbocycles. The highest BCUT2D eigenvalue weighted by molar-refractivity contribution is 7.98. The van der Waals surface area contributed by atoms with Gasteiger partial charge in [-0.05, 0) is 42.0 Å². The molecule has 0 bridgehead atoms. The van der Waals surface area contributed by atoms with Gasteiger partial charge in [-0.3, -0.25) is 4.90 Å². The molecule has 0 unspecified atom stereocenters. The maximum absolute atomic E-state index is 13.4. The van der Waals surface area contributed by atoms with Gasteiger partial charge in [-0.25, -0.2) is 4.79 Å². The third-order valence-corrected chi connectivity index (χ3v) is 7.21. The van der Waals surface area contributed by atoms with E-state index in [1.54, 1.807) is 11.8 Å². The van der Waals surface area contributed by atoms with Gasteiger partial charge in [-0.2, -0.15) is 0 Å². The Labute approximate surface area is 213 Å². The number of hydrogen-bond acceptors (Lipinski definition) is 4. The van der Waals surface area contributed by atoms with Gasteiger partial charge in [0.25, 0.3) is 0 Å². The van der Waals surface area contributed by atoms with E-state index in [4.69, 9.17) is 4.74 Å². The van der Waals surface area contributed by atoms with Crippen molar-refractivity contribution in [1.29, 1.82) is 0 Å². The SMILES string of the molecule is CSc1cccc(NC(=O)N(CCC(c2ccccc2)c2ccccc2)CCN2CCOCC2)c1. The molecule has 0 spiro atoms. The van der Waals surface area contributed by atoms with Crippen molar-refractivity contribution in [2.75, 3.05) is 57.5 Å². The number of amides is 2. The smallest absolute Gasteiger partial charge is 0.321 e. The van der Waals surface area contributed by atoms with Gasteiger partial charge in [-0.15, -0.1) is 11.8 Å². The standard InChI is InChI=1S/C29H35N3O2S/c1-35-27-14-8-13-26(23-27)30-29(33)32(18-17-31-19-21-34-22-20-31)16-15-28(24-9-4-2-5-10-24)25-11-6-3-7-12-25/h2-14,23,28H,15-22H2,1H3,(H,30,33). The molecule has 2 amide bonds. The van der Waals surface area contributed by atoms with Crippen molar-refractivity contribution in [3.8, 4) is 0 Å². The van der Waals surface area contributed by atoms with Crippen LogP contribution in [0.15, 0.2) is 89.8 Å². The number of rotatable bonds is 10. The highest BCUT2D eigenvalue weighted by Gasteiger charge is 2.20. The Kier molecular flexibility index (Phi) is 9.64. The van der Waals surface area contributed by atoms with Crippen LogP contribution in [-0.2, 0) is 4.74 Å². The summed E-state index contributed by atoms with van der Waals surface area (Å²) in [5.74, 6) is 0.232. The van der Waals surface area contributed by atoms with Crippen LogP contribution in [0.4, 0.5) is 10.5 Å². The van der Waals surface area contributed by atoms with Crippen molar-refractivity contribution >= 4 is 23.5 Å². The highest BCUT2D eigenvalue weighted by Crippen LogP contribution is 2.28. The monoisotopic (exact) mass is 489 g/mol. The summed E-state index contributed by atoms with van der Waals surface area (Å²) < 4.78 is 5.50. The van der Waals surface area contributed by atoms with Crippen molar-refractivity contribution in [2.45, 2.75) is 17.2 Å². The molecule has 3 aromatic rings. The zero-order valence-corrected chi connectivity index (χ0v) is 21.3. The molecule has 0 aromatic heterocycles. The first-order valence-corrected chi connectivity index (χ1v) is 13.6. The number of carbonyl (C=O) groups is 1. The lowest BCUT2D eigenvalue weighted by atomic mass is 9.88. The van der Waals surface area contributed by atoms with E-state index in [9.17, 15) is 4.79 Å². The Balaban J connectivity index is 1.49. The second kappa shape index (κ2) is 13.3. The molecule has 1 N–H and O–H groups in total. The number of urea groups is 1. The van der Waals surface area contributed by atoms with Crippen LogP contribution < -0.4 is 5.32 Å². The molecule has 5 nitrogen and oxygen atoms in total. The van der Waals surface area contributed by atoms with Crippen LogP contribution >= 0.6 is 11.8 Å². The Hall–Kier alpha value is -2.80. The Morgan fingerprint density at radius 1 is 0.943 bits per heavy atom. The molecule has 3 aromatic carbocycles. The molecule has 1 heterocycles. The summed E-state index contributed by atoms with van der Waals surface area (Å²) in [7, 11) is 0. The fourth-order valence-electron chi connectivity index (χ4n) is 4.49. The summed E-state index contributed by atoms with van der Waals surface area (Å²) in [5, 5.41) is 3.14. The van der Waals surface area contributed by atoms with Crippen molar-refractivity contribution in [1.82, 2.24) is 9.80 Å².